The lowest BCUT2D eigenvalue weighted by Gasteiger charge is -2.21. The summed E-state index contributed by atoms with van der Waals surface area (Å²) in [6, 6.07) is 7.92. The molecular formula is C15H25NO3. The van der Waals surface area contributed by atoms with Crippen molar-refractivity contribution in [1.82, 2.24) is 5.32 Å². The first-order valence-electron chi connectivity index (χ1n) is 6.74. The number of ether oxygens (including phenoxy) is 1. The van der Waals surface area contributed by atoms with Gasteiger partial charge in [0.15, 0.2) is 0 Å². The standard InChI is InChI=1S/C15H25NO3/c1-11-5-4-6-15(7-11)19-10-14(18)8-16-13(3)12(2)9-17/h4-7,12-14,16-18H,8-10H2,1-3H3. The molecule has 3 atom stereocenters. The molecule has 1 aromatic carbocycles. The van der Waals surface area contributed by atoms with Crippen LogP contribution in [0, 0.1) is 12.8 Å². The van der Waals surface area contributed by atoms with E-state index in [0.29, 0.717) is 6.54 Å². The molecule has 0 saturated carbocycles. The number of hydrogen-bond donors (Lipinski definition) is 3. The fraction of sp³-hybridized carbons (Fsp3) is 0.600. The number of aryl methyl sites for hydroxylation is 1. The molecule has 108 valence electrons. The van der Waals surface area contributed by atoms with Gasteiger partial charge >= 0.3 is 0 Å². The van der Waals surface area contributed by atoms with E-state index in [0.717, 1.165) is 11.3 Å². The second kappa shape index (κ2) is 8.15. The Morgan fingerprint density at radius 3 is 2.68 bits per heavy atom. The summed E-state index contributed by atoms with van der Waals surface area (Å²) in [5.74, 6) is 0.945. The topological polar surface area (TPSA) is 61.7 Å². The molecule has 4 heteroatoms. The lowest BCUT2D eigenvalue weighted by Crippen LogP contribution is -2.40. The lowest BCUT2D eigenvalue weighted by molar-refractivity contribution is 0.0992. The summed E-state index contributed by atoms with van der Waals surface area (Å²) >= 11 is 0. The maximum Gasteiger partial charge on any atom is 0.119 e. The van der Waals surface area contributed by atoms with E-state index in [1.54, 1.807) is 0 Å². The van der Waals surface area contributed by atoms with E-state index in [2.05, 4.69) is 5.32 Å². The predicted molar refractivity (Wildman–Crippen MR) is 76.4 cm³/mol. The Kier molecular flexibility index (Phi) is 6.84. The van der Waals surface area contributed by atoms with E-state index < -0.39 is 6.10 Å². The van der Waals surface area contributed by atoms with Crippen LogP contribution >= 0.6 is 0 Å². The summed E-state index contributed by atoms with van der Waals surface area (Å²) in [6.07, 6.45) is -0.561. The molecule has 3 unspecified atom stereocenters. The number of nitrogens with one attached hydrogen (secondary N) is 1. The van der Waals surface area contributed by atoms with Crippen LogP contribution in [0.3, 0.4) is 0 Å². The van der Waals surface area contributed by atoms with Gasteiger partial charge in [0.05, 0.1) is 0 Å². The molecule has 0 aliphatic carbocycles. The number of benzene rings is 1. The number of rotatable bonds is 8. The molecule has 19 heavy (non-hydrogen) atoms. The molecule has 0 spiro atoms. The van der Waals surface area contributed by atoms with Gasteiger partial charge in [-0.1, -0.05) is 19.1 Å². The zero-order chi connectivity index (χ0) is 14.3. The van der Waals surface area contributed by atoms with E-state index in [4.69, 9.17) is 9.84 Å². The Bertz CT molecular complexity index is 370. The van der Waals surface area contributed by atoms with Crippen molar-refractivity contribution in [3.8, 4) is 5.75 Å². The van der Waals surface area contributed by atoms with Crippen LogP contribution < -0.4 is 10.1 Å². The van der Waals surface area contributed by atoms with Crippen LogP contribution in [0.5, 0.6) is 5.75 Å². The van der Waals surface area contributed by atoms with Gasteiger partial charge in [-0.15, -0.1) is 0 Å². The molecule has 0 saturated heterocycles. The van der Waals surface area contributed by atoms with Crippen LogP contribution in [-0.2, 0) is 0 Å². The fourth-order valence-electron chi connectivity index (χ4n) is 1.64. The largest absolute Gasteiger partial charge is 0.491 e. The van der Waals surface area contributed by atoms with Crippen LogP contribution in [0.2, 0.25) is 0 Å². The number of aliphatic hydroxyl groups excluding tert-OH is 2. The van der Waals surface area contributed by atoms with Crippen molar-refractivity contribution in [2.75, 3.05) is 19.8 Å². The monoisotopic (exact) mass is 267 g/mol. The van der Waals surface area contributed by atoms with Gasteiger partial charge in [0.1, 0.15) is 18.5 Å². The summed E-state index contributed by atoms with van der Waals surface area (Å²) < 4.78 is 5.53. The first-order valence-corrected chi connectivity index (χ1v) is 6.74. The second-order valence-corrected chi connectivity index (χ2v) is 5.14. The zero-order valence-corrected chi connectivity index (χ0v) is 12.0. The van der Waals surface area contributed by atoms with Gasteiger partial charge in [-0.05, 0) is 37.5 Å². The summed E-state index contributed by atoms with van der Waals surface area (Å²) in [6.45, 7) is 6.82. The Morgan fingerprint density at radius 2 is 2.05 bits per heavy atom. The molecule has 0 aromatic heterocycles. The zero-order valence-electron chi connectivity index (χ0n) is 12.0. The maximum atomic E-state index is 9.83. The molecule has 0 amide bonds. The minimum Gasteiger partial charge on any atom is -0.491 e. The highest BCUT2D eigenvalue weighted by molar-refractivity contribution is 5.27. The summed E-state index contributed by atoms with van der Waals surface area (Å²) in [7, 11) is 0. The van der Waals surface area contributed by atoms with Crippen LogP contribution in [0.25, 0.3) is 0 Å². The van der Waals surface area contributed by atoms with E-state index in [9.17, 15) is 5.11 Å². The van der Waals surface area contributed by atoms with E-state index in [1.807, 2.05) is 45.0 Å². The van der Waals surface area contributed by atoms with Crippen molar-refractivity contribution in [3.05, 3.63) is 29.8 Å². The molecule has 0 bridgehead atoms. The van der Waals surface area contributed by atoms with Crippen molar-refractivity contribution in [2.45, 2.75) is 32.9 Å². The minimum absolute atomic E-state index is 0.143. The summed E-state index contributed by atoms with van der Waals surface area (Å²) in [4.78, 5) is 0. The molecule has 0 aliphatic rings. The van der Waals surface area contributed by atoms with Crippen molar-refractivity contribution >= 4 is 0 Å². The SMILES string of the molecule is Cc1cccc(OCC(O)CNC(C)C(C)CO)c1. The van der Waals surface area contributed by atoms with Crippen LogP contribution in [0.4, 0.5) is 0 Å². The highest BCUT2D eigenvalue weighted by Gasteiger charge is 2.12. The lowest BCUT2D eigenvalue weighted by atomic mass is 10.1. The first-order chi connectivity index (χ1) is 9.02. The first kappa shape index (κ1) is 16.0. The minimum atomic E-state index is -0.561. The second-order valence-electron chi connectivity index (χ2n) is 5.14. The van der Waals surface area contributed by atoms with Gasteiger partial charge in [0.2, 0.25) is 0 Å². The van der Waals surface area contributed by atoms with Crippen LogP contribution in [0.1, 0.15) is 19.4 Å². The summed E-state index contributed by atoms with van der Waals surface area (Å²) in [5, 5.41) is 22.0. The maximum absolute atomic E-state index is 9.83. The van der Waals surface area contributed by atoms with E-state index in [-0.39, 0.29) is 25.2 Å². The fourth-order valence-corrected chi connectivity index (χ4v) is 1.64. The highest BCUT2D eigenvalue weighted by atomic mass is 16.5. The number of hydrogen-bond acceptors (Lipinski definition) is 4. The molecule has 0 aliphatic heterocycles. The summed E-state index contributed by atoms with van der Waals surface area (Å²) in [5.41, 5.74) is 1.13. The molecule has 0 heterocycles. The molecule has 1 aromatic rings. The smallest absolute Gasteiger partial charge is 0.119 e. The average Bonchev–Trinajstić information content (AvgIpc) is 2.41. The molecule has 3 N–H and O–H groups in total. The van der Waals surface area contributed by atoms with Gasteiger partial charge < -0.3 is 20.3 Å². The molecule has 0 radical (unpaired) electrons. The number of aliphatic hydroxyl groups is 2. The van der Waals surface area contributed by atoms with E-state index in [1.165, 1.54) is 0 Å². The van der Waals surface area contributed by atoms with Crippen LogP contribution in [-0.4, -0.2) is 42.1 Å². The Hall–Kier alpha value is -1.10. The normalized spacial score (nSPS) is 15.8. The molecule has 0 fully saturated rings. The van der Waals surface area contributed by atoms with Crippen molar-refractivity contribution in [2.24, 2.45) is 5.92 Å². The van der Waals surface area contributed by atoms with Crippen molar-refractivity contribution in [3.63, 3.8) is 0 Å². The van der Waals surface area contributed by atoms with Gasteiger partial charge in [0, 0.05) is 19.2 Å². The Balaban J connectivity index is 2.26. The molecular weight excluding hydrogens is 242 g/mol. The van der Waals surface area contributed by atoms with Crippen molar-refractivity contribution < 1.29 is 14.9 Å². The third kappa shape index (κ3) is 6.05. The van der Waals surface area contributed by atoms with Gasteiger partial charge in [-0.3, -0.25) is 0 Å². The third-order valence-corrected chi connectivity index (χ3v) is 3.25. The van der Waals surface area contributed by atoms with E-state index >= 15 is 0 Å². The van der Waals surface area contributed by atoms with Gasteiger partial charge in [0.25, 0.3) is 0 Å². The highest BCUT2D eigenvalue weighted by Crippen LogP contribution is 2.12. The predicted octanol–water partition coefficient (Wildman–Crippen LogP) is 1.34. The Morgan fingerprint density at radius 1 is 1.32 bits per heavy atom. The van der Waals surface area contributed by atoms with Gasteiger partial charge in [-0.25, -0.2) is 0 Å². The molecule has 4 nitrogen and oxygen atoms in total. The quantitative estimate of drug-likeness (QED) is 0.665. The van der Waals surface area contributed by atoms with Gasteiger partial charge in [-0.2, -0.15) is 0 Å². The Labute approximate surface area is 115 Å². The van der Waals surface area contributed by atoms with Crippen LogP contribution in [0.15, 0.2) is 24.3 Å². The van der Waals surface area contributed by atoms with Crippen molar-refractivity contribution in [1.29, 1.82) is 0 Å². The average molecular weight is 267 g/mol. The molecule has 1 rings (SSSR count). The third-order valence-electron chi connectivity index (χ3n) is 3.25.